The van der Waals surface area contributed by atoms with Gasteiger partial charge in [0.05, 0.1) is 0 Å². The lowest BCUT2D eigenvalue weighted by Crippen LogP contribution is -2.16. The average Bonchev–Trinajstić information content (AvgIpc) is 2.05. The molecule has 0 aromatic carbocycles. The second-order valence-corrected chi connectivity index (χ2v) is 2.19. The predicted octanol–water partition coefficient (Wildman–Crippen LogP) is 1.25. The topological polar surface area (TPSA) is 43.4 Å². The van der Waals surface area contributed by atoms with E-state index >= 15 is 0 Å². The van der Waals surface area contributed by atoms with E-state index in [9.17, 15) is 9.59 Å². The van der Waals surface area contributed by atoms with Crippen molar-refractivity contribution in [1.82, 2.24) is 0 Å². The number of hydrogen-bond acceptors (Lipinski definition) is 3. The van der Waals surface area contributed by atoms with Gasteiger partial charge in [-0.1, -0.05) is 12.7 Å². The van der Waals surface area contributed by atoms with Crippen LogP contribution in [-0.2, 0) is 14.3 Å². The predicted molar refractivity (Wildman–Crippen MR) is 45.6 cm³/mol. The highest BCUT2D eigenvalue weighted by atomic mass is 16.5. The van der Waals surface area contributed by atoms with Crippen molar-refractivity contribution in [1.29, 1.82) is 0 Å². The van der Waals surface area contributed by atoms with Gasteiger partial charge >= 0.3 is 5.97 Å². The van der Waals surface area contributed by atoms with Crippen LogP contribution in [0.25, 0.3) is 0 Å². The summed E-state index contributed by atoms with van der Waals surface area (Å²) in [5, 5.41) is 0. The van der Waals surface area contributed by atoms with Crippen LogP contribution in [0.15, 0.2) is 25.3 Å². The molecule has 3 heteroatoms. The van der Waals surface area contributed by atoms with Gasteiger partial charge in [-0.15, -0.1) is 6.58 Å². The summed E-state index contributed by atoms with van der Waals surface area (Å²) in [5.74, 6) is -0.510. The van der Waals surface area contributed by atoms with E-state index in [0.29, 0.717) is 12.7 Å². The van der Waals surface area contributed by atoms with E-state index in [0.717, 1.165) is 6.08 Å². The van der Waals surface area contributed by atoms with Crippen molar-refractivity contribution in [3.63, 3.8) is 0 Å². The highest BCUT2D eigenvalue weighted by Crippen LogP contribution is 2.03. The van der Waals surface area contributed by atoms with Crippen LogP contribution >= 0.6 is 0 Å². The van der Waals surface area contributed by atoms with Crippen molar-refractivity contribution in [3.8, 4) is 0 Å². The van der Waals surface area contributed by atoms with E-state index in [4.69, 9.17) is 4.74 Å². The fourth-order valence-corrected chi connectivity index (χ4v) is 0.698. The Labute approximate surface area is 71.7 Å². The Morgan fingerprint density at radius 2 is 2.08 bits per heavy atom. The van der Waals surface area contributed by atoms with Crippen molar-refractivity contribution in [2.75, 3.05) is 0 Å². The Morgan fingerprint density at radius 1 is 1.42 bits per heavy atom. The molecule has 0 bridgehead atoms. The molecule has 0 aliphatic heterocycles. The summed E-state index contributed by atoms with van der Waals surface area (Å²) in [6.07, 6.45) is 3.67. The molecule has 0 amide bonds. The van der Waals surface area contributed by atoms with Crippen LogP contribution in [0, 0.1) is 0 Å². The zero-order valence-electron chi connectivity index (χ0n) is 6.86. The second kappa shape index (κ2) is 6.34. The van der Waals surface area contributed by atoms with Gasteiger partial charge in [0, 0.05) is 18.9 Å². The molecule has 0 heterocycles. The molecule has 3 nitrogen and oxygen atoms in total. The van der Waals surface area contributed by atoms with Crippen LogP contribution in [0.4, 0.5) is 0 Å². The first-order chi connectivity index (χ1) is 5.74. The normalized spacial score (nSPS) is 11.3. The van der Waals surface area contributed by atoms with Gasteiger partial charge in [-0.2, -0.15) is 0 Å². The molecule has 0 saturated carbocycles. The first-order valence-electron chi connectivity index (χ1n) is 3.62. The molecule has 0 aliphatic carbocycles. The molecule has 66 valence electrons. The maximum absolute atomic E-state index is 10.7. The van der Waals surface area contributed by atoms with Crippen molar-refractivity contribution < 1.29 is 14.3 Å². The van der Waals surface area contributed by atoms with Crippen LogP contribution < -0.4 is 0 Å². The molecule has 0 unspecified atom stereocenters. The Kier molecular flexibility index (Phi) is 5.61. The van der Waals surface area contributed by atoms with Gasteiger partial charge in [-0.05, 0) is 0 Å². The molecule has 0 aliphatic rings. The molecular formula is C9H12O3. The largest absolute Gasteiger partial charge is 0.458 e. The summed E-state index contributed by atoms with van der Waals surface area (Å²) < 4.78 is 4.82. The lowest BCUT2D eigenvalue weighted by Gasteiger charge is -2.11. The molecule has 0 saturated heterocycles. The molecule has 0 radical (unpaired) electrons. The highest BCUT2D eigenvalue weighted by Gasteiger charge is 2.09. The van der Waals surface area contributed by atoms with Crippen LogP contribution in [0.5, 0.6) is 0 Å². The van der Waals surface area contributed by atoms with E-state index in [-0.39, 0.29) is 6.42 Å². The first-order valence-corrected chi connectivity index (χ1v) is 3.62. The maximum Gasteiger partial charge on any atom is 0.330 e. The summed E-state index contributed by atoms with van der Waals surface area (Å²) in [6, 6.07) is 0. The number of rotatable bonds is 6. The van der Waals surface area contributed by atoms with Crippen molar-refractivity contribution in [3.05, 3.63) is 25.3 Å². The molecule has 0 aromatic heterocycles. The molecule has 1 atom stereocenters. The highest BCUT2D eigenvalue weighted by molar-refractivity contribution is 5.81. The van der Waals surface area contributed by atoms with E-state index in [2.05, 4.69) is 13.2 Å². The van der Waals surface area contributed by atoms with Crippen LogP contribution in [-0.4, -0.2) is 18.4 Å². The zero-order valence-corrected chi connectivity index (χ0v) is 6.86. The third-order valence-corrected chi connectivity index (χ3v) is 1.24. The fourth-order valence-electron chi connectivity index (χ4n) is 0.698. The quantitative estimate of drug-likeness (QED) is 0.259. The minimum atomic E-state index is -0.510. The molecule has 0 fully saturated rings. The molecule has 12 heavy (non-hydrogen) atoms. The van der Waals surface area contributed by atoms with E-state index in [1.807, 2.05) is 0 Å². The molecular weight excluding hydrogens is 156 g/mol. The fraction of sp³-hybridized carbons (Fsp3) is 0.333. The third-order valence-electron chi connectivity index (χ3n) is 1.24. The Hall–Kier alpha value is -1.38. The van der Waals surface area contributed by atoms with E-state index in [1.165, 1.54) is 0 Å². The summed E-state index contributed by atoms with van der Waals surface area (Å²) in [6.45, 7) is 6.73. The minimum absolute atomic E-state index is 0.200. The Morgan fingerprint density at radius 3 is 2.50 bits per heavy atom. The first kappa shape index (κ1) is 10.6. The average molecular weight is 168 g/mol. The number of hydrogen-bond donors (Lipinski definition) is 0. The van der Waals surface area contributed by atoms with E-state index < -0.39 is 12.1 Å². The third kappa shape index (κ3) is 4.44. The standard InChI is InChI=1S/C9H12O3/c1-3-5-8(6-7-10)12-9(11)4-2/h3-4,7-8H,1-2,5-6H2/t8-/m1/s1. The van der Waals surface area contributed by atoms with Gasteiger partial charge in [-0.25, -0.2) is 4.79 Å². The SMILES string of the molecule is C=CC[C@H](CC=O)OC(=O)C=C. The molecule has 0 aromatic rings. The lowest BCUT2D eigenvalue weighted by atomic mass is 10.2. The maximum atomic E-state index is 10.7. The Bertz CT molecular complexity index is 174. The molecule has 0 rings (SSSR count). The summed E-state index contributed by atoms with van der Waals surface area (Å²) >= 11 is 0. The summed E-state index contributed by atoms with van der Waals surface area (Å²) in [7, 11) is 0. The van der Waals surface area contributed by atoms with Crippen LogP contribution in [0.1, 0.15) is 12.8 Å². The number of esters is 1. The van der Waals surface area contributed by atoms with Gasteiger partial charge in [0.1, 0.15) is 12.4 Å². The molecule has 0 N–H and O–H groups in total. The van der Waals surface area contributed by atoms with Gasteiger partial charge in [0.25, 0.3) is 0 Å². The van der Waals surface area contributed by atoms with Crippen molar-refractivity contribution in [2.24, 2.45) is 0 Å². The minimum Gasteiger partial charge on any atom is -0.458 e. The number of carbonyl (C=O) groups excluding carboxylic acids is 2. The Balaban J connectivity index is 3.91. The summed E-state index contributed by atoms with van der Waals surface area (Å²) in [4.78, 5) is 20.8. The zero-order chi connectivity index (χ0) is 9.40. The van der Waals surface area contributed by atoms with Crippen LogP contribution in [0.3, 0.4) is 0 Å². The van der Waals surface area contributed by atoms with E-state index in [1.54, 1.807) is 6.08 Å². The smallest absolute Gasteiger partial charge is 0.330 e. The monoisotopic (exact) mass is 168 g/mol. The number of carbonyl (C=O) groups is 2. The van der Waals surface area contributed by atoms with Gasteiger partial charge in [-0.3, -0.25) is 0 Å². The van der Waals surface area contributed by atoms with Crippen molar-refractivity contribution >= 4 is 12.3 Å². The summed E-state index contributed by atoms with van der Waals surface area (Å²) in [5.41, 5.74) is 0. The van der Waals surface area contributed by atoms with Gasteiger partial charge in [0.2, 0.25) is 0 Å². The van der Waals surface area contributed by atoms with Gasteiger partial charge in [0.15, 0.2) is 0 Å². The van der Waals surface area contributed by atoms with Gasteiger partial charge < -0.3 is 9.53 Å². The number of ether oxygens (including phenoxy) is 1. The molecule has 0 spiro atoms. The number of aldehydes is 1. The van der Waals surface area contributed by atoms with Crippen molar-refractivity contribution in [2.45, 2.75) is 18.9 Å². The lowest BCUT2D eigenvalue weighted by molar-refractivity contribution is -0.143. The second-order valence-electron chi connectivity index (χ2n) is 2.19. The van der Waals surface area contributed by atoms with Crippen LogP contribution in [0.2, 0.25) is 0 Å².